The monoisotopic (exact) mass is 304 g/mol. The summed E-state index contributed by atoms with van der Waals surface area (Å²) >= 11 is 5.92. The molecule has 1 amide bonds. The summed E-state index contributed by atoms with van der Waals surface area (Å²) in [5.41, 5.74) is 5.95. The molecule has 1 unspecified atom stereocenters. The smallest absolute Gasteiger partial charge is 0.241 e. The van der Waals surface area contributed by atoms with Crippen LogP contribution >= 0.6 is 11.6 Å². The van der Waals surface area contributed by atoms with Crippen LogP contribution in [0.25, 0.3) is 0 Å². The number of carbonyl (C=O) groups is 1. The summed E-state index contributed by atoms with van der Waals surface area (Å²) in [6.45, 7) is 3.64. The van der Waals surface area contributed by atoms with Crippen LogP contribution in [0.3, 0.4) is 0 Å². The third-order valence-corrected chi connectivity index (χ3v) is 4.08. The average Bonchev–Trinajstić information content (AvgIpc) is 2.29. The Balaban J connectivity index is 3.05. The fraction of sp³-hybridized carbons (Fsp3) is 0.417. The molecule has 0 spiro atoms. The predicted molar refractivity (Wildman–Crippen MR) is 76.0 cm³/mol. The normalized spacial score (nSPS) is 13.4. The van der Waals surface area contributed by atoms with Crippen LogP contribution in [-0.4, -0.2) is 26.6 Å². The number of sulfone groups is 1. The molecule has 0 saturated heterocycles. The van der Waals surface area contributed by atoms with E-state index in [1.54, 1.807) is 0 Å². The second kappa shape index (κ2) is 5.90. The molecular formula is C12H17ClN2O3S. The first-order chi connectivity index (χ1) is 8.62. The second-order valence-electron chi connectivity index (χ2n) is 4.67. The number of hydrogen-bond acceptors (Lipinski definition) is 4. The number of amides is 1. The number of benzene rings is 1. The minimum Gasteiger partial charge on any atom is -0.323 e. The molecule has 0 aliphatic rings. The Morgan fingerprint density at radius 3 is 2.42 bits per heavy atom. The summed E-state index contributed by atoms with van der Waals surface area (Å²) in [5.74, 6) is -0.431. The molecule has 1 rings (SSSR count). The van der Waals surface area contributed by atoms with Gasteiger partial charge in [-0.3, -0.25) is 4.79 Å². The van der Waals surface area contributed by atoms with E-state index in [0.717, 1.165) is 6.26 Å². The fourth-order valence-corrected chi connectivity index (χ4v) is 2.16. The van der Waals surface area contributed by atoms with E-state index in [-0.39, 0.29) is 21.5 Å². The molecule has 0 heterocycles. The van der Waals surface area contributed by atoms with Crippen molar-refractivity contribution in [3.8, 4) is 0 Å². The van der Waals surface area contributed by atoms with Gasteiger partial charge in [-0.2, -0.15) is 0 Å². The van der Waals surface area contributed by atoms with E-state index in [0.29, 0.717) is 0 Å². The van der Waals surface area contributed by atoms with Gasteiger partial charge in [0, 0.05) is 6.26 Å². The summed E-state index contributed by atoms with van der Waals surface area (Å²) in [5, 5.41) is 2.80. The van der Waals surface area contributed by atoms with Gasteiger partial charge in [0.2, 0.25) is 5.91 Å². The highest BCUT2D eigenvalue weighted by atomic mass is 35.5. The van der Waals surface area contributed by atoms with E-state index in [9.17, 15) is 13.2 Å². The van der Waals surface area contributed by atoms with Crippen LogP contribution in [0, 0.1) is 5.92 Å². The summed E-state index contributed by atoms with van der Waals surface area (Å²) in [6.07, 6.45) is 1.09. The van der Waals surface area contributed by atoms with Gasteiger partial charge in [0.1, 0.15) is 0 Å². The lowest BCUT2D eigenvalue weighted by atomic mass is 10.1. The molecule has 0 fully saturated rings. The van der Waals surface area contributed by atoms with Gasteiger partial charge in [-0.25, -0.2) is 8.42 Å². The van der Waals surface area contributed by atoms with Crippen LogP contribution in [-0.2, 0) is 14.6 Å². The summed E-state index contributed by atoms with van der Waals surface area (Å²) in [7, 11) is -3.36. The molecule has 3 N–H and O–H groups in total. The Bertz CT molecular complexity index is 585. The molecule has 7 heteroatoms. The maximum Gasteiger partial charge on any atom is 0.241 e. The Kier molecular flexibility index (Phi) is 4.95. The van der Waals surface area contributed by atoms with E-state index >= 15 is 0 Å². The third-order valence-electron chi connectivity index (χ3n) is 2.64. The molecule has 1 aromatic rings. The SMILES string of the molecule is CC(C)C(N)C(=O)Nc1cc(S(C)(=O)=O)ccc1Cl. The van der Waals surface area contributed by atoms with Crippen molar-refractivity contribution in [1.29, 1.82) is 0 Å². The number of rotatable bonds is 4. The number of nitrogens with one attached hydrogen (secondary N) is 1. The fourth-order valence-electron chi connectivity index (χ4n) is 1.35. The molecule has 19 heavy (non-hydrogen) atoms. The Morgan fingerprint density at radius 2 is 1.95 bits per heavy atom. The van der Waals surface area contributed by atoms with Gasteiger partial charge in [0.05, 0.1) is 21.6 Å². The molecular weight excluding hydrogens is 288 g/mol. The van der Waals surface area contributed by atoms with Crippen molar-refractivity contribution in [1.82, 2.24) is 0 Å². The molecule has 0 aliphatic carbocycles. The first-order valence-electron chi connectivity index (χ1n) is 5.69. The molecule has 1 atom stereocenters. The number of anilines is 1. The zero-order valence-corrected chi connectivity index (χ0v) is 12.5. The lowest BCUT2D eigenvalue weighted by Gasteiger charge is -2.16. The van der Waals surface area contributed by atoms with Crippen LogP contribution < -0.4 is 11.1 Å². The first kappa shape index (κ1) is 15.9. The molecule has 106 valence electrons. The second-order valence-corrected chi connectivity index (χ2v) is 7.10. The van der Waals surface area contributed by atoms with E-state index in [4.69, 9.17) is 17.3 Å². The molecule has 0 radical (unpaired) electrons. The van der Waals surface area contributed by atoms with Crippen molar-refractivity contribution in [2.75, 3.05) is 11.6 Å². The maximum absolute atomic E-state index is 11.8. The minimum absolute atomic E-state index is 0.0307. The Labute approximate surface area is 118 Å². The highest BCUT2D eigenvalue weighted by Gasteiger charge is 2.19. The number of hydrogen-bond donors (Lipinski definition) is 2. The Morgan fingerprint density at radius 1 is 1.37 bits per heavy atom. The van der Waals surface area contributed by atoms with Gasteiger partial charge in [0.25, 0.3) is 0 Å². The molecule has 0 bridgehead atoms. The first-order valence-corrected chi connectivity index (χ1v) is 7.96. The standard InChI is InChI=1S/C12H17ClN2O3S/c1-7(2)11(14)12(16)15-10-6-8(19(3,17)18)4-5-9(10)13/h4-7,11H,14H2,1-3H3,(H,15,16). The predicted octanol–water partition coefficient (Wildman–Crippen LogP) is 1.67. The quantitative estimate of drug-likeness (QED) is 0.885. The van der Waals surface area contributed by atoms with E-state index in [1.165, 1.54) is 18.2 Å². The summed E-state index contributed by atoms with van der Waals surface area (Å²) in [4.78, 5) is 11.9. The number of carbonyl (C=O) groups excluding carboxylic acids is 1. The molecule has 5 nitrogen and oxygen atoms in total. The van der Waals surface area contributed by atoms with Crippen molar-refractivity contribution in [2.45, 2.75) is 24.8 Å². The summed E-state index contributed by atoms with van der Waals surface area (Å²) in [6, 6.07) is 3.45. The lowest BCUT2D eigenvalue weighted by Crippen LogP contribution is -2.39. The number of halogens is 1. The van der Waals surface area contributed by atoms with Gasteiger partial charge >= 0.3 is 0 Å². The van der Waals surface area contributed by atoms with Gasteiger partial charge in [0.15, 0.2) is 9.84 Å². The molecule has 1 aromatic carbocycles. The molecule has 0 saturated carbocycles. The maximum atomic E-state index is 11.8. The van der Waals surface area contributed by atoms with Crippen molar-refractivity contribution in [2.24, 2.45) is 11.7 Å². The van der Waals surface area contributed by atoms with Crippen molar-refractivity contribution < 1.29 is 13.2 Å². The van der Waals surface area contributed by atoms with E-state index < -0.39 is 21.8 Å². The largest absolute Gasteiger partial charge is 0.323 e. The highest BCUT2D eigenvalue weighted by Crippen LogP contribution is 2.25. The van der Waals surface area contributed by atoms with Crippen LogP contribution in [0.2, 0.25) is 5.02 Å². The molecule has 0 aromatic heterocycles. The number of nitrogens with two attached hydrogens (primary N) is 1. The Hall–Kier alpha value is -1.11. The van der Waals surface area contributed by atoms with E-state index in [1.807, 2.05) is 13.8 Å². The van der Waals surface area contributed by atoms with Gasteiger partial charge in [-0.15, -0.1) is 0 Å². The zero-order valence-electron chi connectivity index (χ0n) is 11.0. The zero-order chi connectivity index (χ0) is 14.8. The van der Waals surface area contributed by atoms with Gasteiger partial charge in [-0.1, -0.05) is 25.4 Å². The van der Waals surface area contributed by atoms with E-state index in [2.05, 4.69) is 5.32 Å². The minimum atomic E-state index is -3.36. The van der Waals surface area contributed by atoms with Crippen molar-refractivity contribution in [3.63, 3.8) is 0 Å². The van der Waals surface area contributed by atoms with Crippen LogP contribution in [0.1, 0.15) is 13.8 Å². The topological polar surface area (TPSA) is 89.3 Å². The average molecular weight is 305 g/mol. The highest BCUT2D eigenvalue weighted by molar-refractivity contribution is 7.90. The van der Waals surface area contributed by atoms with Crippen LogP contribution in [0.15, 0.2) is 23.1 Å². The van der Waals surface area contributed by atoms with Gasteiger partial charge < -0.3 is 11.1 Å². The van der Waals surface area contributed by atoms with Crippen molar-refractivity contribution in [3.05, 3.63) is 23.2 Å². The van der Waals surface area contributed by atoms with Crippen LogP contribution in [0.5, 0.6) is 0 Å². The van der Waals surface area contributed by atoms with Crippen molar-refractivity contribution >= 4 is 33.0 Å². The lowest BCUT2D eigenvalue weighted by molar-refractivity contribution is -0.118. The molecule has 0 aliphatic heterocycles. The summed E-state index contributed by atoms with van der Waals surface area (Å²) < 4.78 is 22.9. The van der Waals surface area contributed by atoms with Gasteiger partial charge in [-0.05, 0) is 24.1 Å². The third kappa shape index (κ3) is 4.19. The van der Waals surface area contributed by atoms with Crippen LogP contribution in [0.4, 0.5) is 5.69 Å².